The second-order valence-electron chi connectivity index (χ2n) is 15.6. The first kappa shape index (κ1) is 39.7. The molecule has 8 heteroatoms. The molecule has 0 unspecified atom stereocenters. The summed E-state index contributed by atoms with van der Waals surface area (Å²) in [5.74, 6) is 3.57. The summed E-state index contributed by atoms with van der Waals surface area (Å²) in [6.07, 6.45) is 0. The molecule has 0 atom stereocenters. The maximum atomic E-state index is 5.51. The Labute approximate surface area is 382 Å². The van der Waals surface area contributed by atoms with Crippen LogP contribution in [0.15, 0.2) is 231 Å². The van der Waals surface area contributed by atoms with E-state index < -0.39 is 0 Å². The maximum Gasteiger partial charge on any atom is 0.164 e. The average molecular weight is 847 g/mol. The monoisotopic (exact) mass is 846 g/mol. The van der Waals surface area contributed by atoms with Crippen molar-refractivity contribution in [3.63, 3.8) is 0 Å². The van der Waals surface area contributed by atoms with Gasteiger partial charge in [0.25, 0.3) is 0 Å². The standard InChI is InChI=1S/C58H38N8/c1-7-19-39(20-8-1)49-50(40-21-9-2-10-22-40)60-52(42-33-37-48(38-34-42)58-65-55(45-27-15-5-16-28-45)62-56(66-58)46-29-17-6-18-30-46)51(59-49)41-31-35-47(36-32-41)57-63-53(43-23-11-3-12-24-43)61-54(64-57)44-25-13-4-14-26-44/h1-38H. The van der Waals surface area contributed by atoms with Crippen molar-refractivity contribution in [3.05, 3.63) is 231 Å². The van der Waals surface area contributed by atoms with Gasteiger partial charge in [-0.05, 0) is 0 Å². The Kier molecular flexibility index (Phi) is 10.8. The Balaban J connectivity index is 1.04. The molecule has 0 radical (unpaired) electrons. The molecule has 11 aromatic rings. The van der Waals surface area contributed by atoms with Gasteiger partial charge >= 0.3 is 0 Å². The minimum atomic E-state index is 0.574. The average Bonchev–Trinajstić information content (AvgIpc) is 3.42. The molecule has 0 saturated heterocycles. The first-order valence-corrected chi connectivity index (χ1v) is 21.7. The van der Waals surface area contributed by atoms with Crippen molar-refractivity contribution in [1.29, 1.82) is 0 Å². The normalized spacial score (nSPS) is 11.0. The molecule has 0 aliphatic carbocycles. The number of hydrogen-bond acceptors (Lipinski definition) is 8. The van der Waals surface area contributed by atoms with Crippen LogP contribution in [-0.4, -0.2) is 39.9 Å². The maximum absolute atomic E-state index is 5.51. The van der Waals surface area contributed by atoms with Gasteiger partial charge in [0.05, 0.1) is 22.8 Å². The molecule has 8 nitrogen and oxygen atoms in total. The van der Waals surface area contributed by atoms with Gasteiger partial charge in [-0.3, -0.25) is 0 Å². The number of hydrogen-bond donors (Lipinski definition) is 0. The van der Waals surface area contributed by atoms with Crippen LogP contribution in [0.5, 0.6) is 0 Å². The lowest BCUT2D eigenvalue weighted by molar-refractivity contribution is 1.07. The summed E-state index contributed by atoms with van der Waals surface area (Å²) in [4.78, 5) is 40.7. The summed E-state index contributed by atoms with van der Waals surface area (Å²) in [6, 6.07) is 76.9. The fourth-order valence-corrected chi connectivity index (χ4v) is 7.86. The molecule has 0 fully saturated rings. The Hall–Kier alpha value is -9.14. The summed E-state index contributed by atoms with van der Waals surface area (Å²) < 4.78 is 0. The van der Waals surface area contributed by atoms with Crippen molar-refractivity contribution >= 4 is 0 Å². The van der Waals surface area contributed by atoms with E-state index in [9.17, 15) is 0 Å². The first-order chi connectivity index (χ1) is 32.7. The predicted molar refractivity (Wildman–Crippen MR) is 263 cm³/mol. The van der Waals surface area contributed by atoms with Crippen LogP contribution in [0.25, 0.3) is 113 Å². The minimum Gasteiger partial charge on any atom is -0.243 e. The van der Waals surface area contributed by atoms with Gasteiger partial charge in [-0.2, -0.15) is 0 Å². The molecule has 3 aromatic heterocycles. The molecular formula is C58H38N8. The van der Waals surface area contributed by atoms with Crippen LogP contribution in [0.4, 0.5) is 0 Å². The first-order valence-electron chi connectivity index (χ1n) is 21.7. The second kappa shape index (κ2) is 17.9. The van der Waals surface area contributed by atoms with Crippen LogP contribution in [0, 0.1) is 0 Å². The molecule has 0 aliphatic heterocycles. The molecule has 0 N–H and O–H groups in total. The van der Waals surface area contributed by atoms with E-state index in [2.05, 4.69) is 48.5 Å². The fraction of sp³-hybridized carbons (Fsp3) is 0. The molecule has 11 rings (SSSR count). The van der Waals surface area contributed by atoms with Crippen LogP contribution in [0.3, 0.4) is 0 Å². The highest BCUT2D eigenvalue weighted by molar-refractivity contribution is 5.87. The third-order valence-corrected chi connectivity index (χ3v) is 11.2. The van der Waals surface area contributed by atoms with Gasteiger partial charge in [-0.1, -0.05) is 231 Å². The fourth-order valence-electron chi connectivity index (χ4n) is 7.86. The lowest BCUT2D eigenvalue weighted by Gasteiger charge is -2.16. The molecule has 0 aliphatic rings. The quantitative estimate of drug-likeness (QED) is 0.134. The molecule has 0 saturated carbocycles. The molecule has 0 spiro atoms. The van der Waals surface area contributed by atoms with E-state index in [0.717, 1.165) is 78.4 Å². The van der Waals surface area contributed by atoms with Crippen molar-refractivity contribution in [1.82, 2.24) is 39.9 Å². The van der Waals surface area contributed by atoms with Crippen molar-refractivity contribution in [2.24, 2.45) is 0 Å². The molecule has 0 amide bonds. The topological polar surface area (TPSA) is 103 Å². The molecule has 66 heavy (non-hydrogen) atoms. The van der Waals surface area contributed by atoms with Gasteiger partial charge < -0.3 is 0 Å². The lowest BCUT2D eigenvalue weighted by Crippen LogP contribution is -2.02. The summed E-state index contributed by atoms with van der Waals surface area (Å²) in [6.45, 7) is 0. The third kappa shape index (κ3) is 8.25. The van der Waals surface area contributed by atoms with E-state index in [1.54, 1.807) is 0 Å². The molecule has 310 valence electrons. The zero-order chi connectivity index (χ0) is 44.1. The Morgan fingerprint density at radius 2 is 0.288 bits per heavy atom. The van der Waals surface area contributed by atoms with E-state index in [1.165, 1.54) is 0 Å². The molecular weight excluding hydrogens is 809 g/mol. The highest BCUT2D eigenvalue weighted by Crippen LogP contribution is 2.38. The highest BCUT2D eigenvalue weighted by atomic mass is 15.0. The van der Waals surface area contributed by atoms with Crippen molar-refractivity contribution in [2.45, 2.75) is 0 Å². The molecule has 0 bridgehead atoms. The number of rotatable bonds is 10. The number of nitrogens with zero attached hydrogens (tertiary/aromatic N) is 8. The largest absolute Gasteiger partial charge is 0.243 e. The summed E-state index contributed by atoms with van der Waals surface area (Å²) in [5, 5.41) is 0. The van der Waals surface area contributed by atoms with Gasteiger partial charge in [0.2, 0.25) is 0 Å². The smallest absolute Gasteiger partial charge is 0.164 e. The predicted octanol–water partition coefficient (Wildman–Crippen LogP) is 13.5. The minimum absolute atomic E-state index is 0.574. The van der Waals surface area contributed by atoms with Crippen LogP contribution in [0.1, 0.15) is 0 Å². The lowest BCUT2D eigenvalue weighted by atomic mass is 9.98. The Morgan fingerprint density at radius 3 is 0.500 bits per heavy atom. The van der Waals surface area contributed by atoms with Crippen molar-refractivity contribution < 1.29 is 0 Å². The van der Waals surface area contributed by atoms with Crippen LogP contribution in [0.2, 0.25) is 0 Å². The van der Waals surface area contributed by atoms with Gasteiger partial charge in [-0.15, -0.1) is 0 Å². The molecule has 3 heterocycles. The van der Waals surface area contributed by atoms with E-state index in [1.807, 2.05) is 182 Å². The number of aromatic nitrogens is 8. The van der Waals surface area contributed by atoms with Crippen LogP contribution in [-0.2, 0) is 0 Å². The van der Waals surface area contributed by atoms with Gasteiger partial charge in [0.1, 0.15) is 0 Å². The Bertz CT molecular complexity index is 3060. The van der Waals surface area contributed by atoms with Crippen LogP contribution < -0.4 is 0 Å². The summed E-state index contributed by atoms with van der Waals surface area (Å²) in [5.41, 5.74) is 12.1. The zero-order valence-electron chi connectivity index (χ0n) is 35.5. The number of benzene rings is 8. The second-order valence-corrected chi connectivity index (χ2v) is 15.6. The van der Waals surface area contributed by atoms with E-state index in [4.69, 9.17) is 39.9 Å². The van der Waals surface area contributed by atoms with Crippen molar-refractivity contribution in [2.75, 3.05) is 0 Å². The Morgan fingerprint density at radius 1 is 0.136 bits per heavy atom. The van der Waals surface area contributed by atoms with Gasteiger partial charge in [0.15, 0.2) is 34.9 Å². The van der Waals surface area contributed by atoms with Crippen molar-refractivity contribution in [3.8, 4) is 113 Å². The SMILES string of the molecule is c1ccc(-c2nc(-c3ccccc3)nc(-c3ccc(-c4nc(-c5ccccc5)c(-c5ccccc5)nc4-c4ccc(-c5nc(-c6ccccc6)nc(-c6ccccc6)n5)cc4)cc3)n2)cc1. The molecule has 8 aromatic carbocycles. The van der Waals surface area contributed by atoms with Crippen LogP contribution >= 0.6 is 0 Å². The van der Waals surface area contributed by atoms with E-state index in [0.29, 0.717) is 34.9 Å². The highest BCUT2D eigenvalue weighted by Gasteiger charge is 2.21. The summed E-state index contributed by atoms with van der Waals surface area (Å²) >= 11 is 0. The van der Waals surface area contributed by atoms with E-state index >= 15 is 0 Å². The third-order valence-electron chi connectivity index (χ3n) is 11.2. The van der Waals surface area contributed by atoms with Gasteiger partial charge in [-0.25, -0.2) is 39.9 Å². The van der Waals surface area contributed by atoms with E-state index in [-0.39, 0.29) is 0 Å². The summed E-state index contributed by atoms with van der Waals surface area (Å²) in [7, 11) is 0. The van der Waals surface area contributed by atoms with Gasteiger partial charge in [0, 0.05) is 55.6 Å². The zero-order valence-corrected chi connectivity index (χ0v) is 35.5.